The van der Waals surface area contributed by atoms with E-state index in [1.165, 1.54) is 0 Å². The molecule has 216 valence electrons. The number of aromatic nitrogens is 3. The van der Waals surface area contributed by atoms with Gasteiger partial charge in [-0.3, -0.25) is 0 Å². The van der Waals surface area contributed by atoms with Gasteiger partial charge in [-0.25, -0.2) is 14.3 Å². The van der Waals surface area contributed by atoms with Crippen LogP contribution in [0.15, 0.2) is 36.8 Å². The molecule has 2 unspecified atom stereocenters. The fraction of sp³-hybridized carbons (Fsp3) is 0.548. The van der Waals surface area contributed by atoms with Crippen LogP contribution < -0.4 is 15.0 Å². The summed E-state index contributed by atoms with van der Waals surface area (Å²) < 4.78 is 13.1. The van der Waals surface area contributed by atoms with Gasteiger partial charge in [0.05, 0.1) is 29.1 Å². The van der Waals surface area contributed by atoms with E-state index in [9.17, 15) is 15.2 Å². The van der Waals surface area contributed by atoms with Crippen LogP contribution in [0.2, 0.25) is 0 Å². The number of amides is 1. The predicted molar refractivity (Wildman–Crippen MR) is 154 cm³/mol. The number of ether oxygens (including phenoxy) is 2. The Morgan fingerprint density at radius 3 is 2.51 bits per heavy atom. The first-order chi connectivity index (χ1) is 19.3. The minimum absolute atomic E-state index is 0.116. The number of nitriles is 1. The normalized spacial score (nSPS) is 25.3. The zero-order valence-corrected chi connectivity index (χ0v) is 24.3. The SMILES string of the molecule is CC(C)(O)COc1cc(-c2ccc(N3[C@@H]4CC5C[C@H]3CC(NC(=O)OC(C)(C)C)(C5)C4)nc2)c2c(C#N)cnn2c1. The molecule has 4 fully saturated rings. The van der Waals surface area contributed by atoms with E-state index in [1.807, 2.05) is 39.1 Å². The van der Waals surface area contributed by atoms with Gasteiger partial charge in [0.25, 0.3) is 0 Å². The summed E-state index contributed by atoms with van der Waals surface area (Å²) in [5.41, 5.74) is 1.04. The molecule has 5 heterocycles. The fourth-order valence-corrected chi connectivity index (χ4v) is 7.11. The van der Waals surface area contributed by atoms with Crippen molar-refractivity contribution in [2.45, 2.75) is 95.5 Å². The average molecular weight is 559 g/mol. The number of hydrogen-bond acceptors (Lipinski definition) is 8. The maximum absolute atomic E-state index is 12.7. The smallest absolute Gasteiger partial charge is 0.408 e. The molecule has 1 amide bonds. The molecule has 3 aromatic rings. The summed E-state index contributed by atoms with van der Waals surface area (Å²) in [4.78, 5) is 20.1. The zero-order valence-electron chi connectivity index (χ0n) is 24.3. The molecule has 2 aliphatic carbocycles. The van der Waals surface area contributed by atoms with Crippen LogP contribution in [0.5, 0.6) is 5.75 Å². The van der Waals surface area contributed by atoms with Crippen molar-refractivity contribution < 1.29 is 19.4 Å². The third-order valence-corrected chi connectivity index (χ3v) is 8.32. The van der Waals surface area contributed by atoms with Crippen LogP contribution in [0.1, 0.15) is 72.3 Å². The summed E-state index contributed by atoms with van der Waals surface area (Å²) in [6, 6.07) is 8.80. The van der Waals surface area contributed by atoms with Gasteiger partial charge in [0.2, 0.25) is 0 Å². The summed E-state index contributed by atoms with van der Waals surface area (Å²) in [6.45, 7) is 9.16. The van der Waals surface area contributed by atoms with Gasteiger partial charge in [-0.2, -0.15) is 10.4 Å². The van der Waals surface area contributed by atoms with Crippen LogP contribution >= 0.6 is 0 Å². The Morgan fingerprint density at radius 1 is 1.17 bits per heavy atom. The van der Waals surface area contributed by atoms with Crippen molar-refractivity contribution in [1.29, 1.82) is 5.26 Å². The van der Waals surface area contributed by atoms with Gasteiger partial charge in [-0.1, -0.05) is 0 Å². The van der Waals surface area contributed by atoms with E-state index < -0.39 is 11.2 Å². The molecule has 4 aliphatic rings. The molecule has 7 rings (SSSR count). The number of alkyl carbamates (subject to hydrolysis) is 1. The van der Waals surface area contributed by atoms with Crippen LogP contribution in [0.4, 0.5) is 10.6 Å². The van der Waals surface area contributed by atoms with Gasteiger partial charge in [-0.05, 0) is 90.8 Å². The number of hydrogen-bond donors (Lipinski definition) is 2. The molecule has 3 aromatic heterocycles. The predicted octanol–water partition coefficient (Wildman–Crippen LogP) is 4.83. The van der Waals surface area contributed by atoms with Crippen LogP contribution in [0, 0.1) is 17.2 Å². The maximum Gasteiger partial charge on any atom is 0.408 e. The molecule has 2 saturated carbocycles. The lowest BCUT2D eigenvalue weighted by atomic mass is 9.59. The standard InChI is InChI=1S/C31H38N6O4/c1-29(2,3)41-28(38)35-31-11-19-8-22(12-31)37(23(9-19)13-31)26-7-6-20(15-33-26)25-10-24(40-18-30(4,5)39)17-36-27(25)21(14-32)16-34-36/h6-7,10,15-17,19,22-23,39H,8-9,11-13,18H2,1-5H3,(H,35,38)/t19?,22-,23+,31?. The second kappa shape index (κ2) is 9.62. The van der Waals surface area contributed by atoms with E-state index in [-0.39, 0.29) is 18.2 Å². The van der Waals surface area contributed by atoms with Crippen LogP contribution in [-0.4, -0.2) is 61.2 Å². The lowest BCUT2D eigenvalue weighted by molar-refractivity contribution is 0.0124. The van der Waals surface area contributed by atoms with Crippen molar-refractivity contribution in [3.8, 4) is 22.9 Å². The van der Waals surface area contributed by atoms with E-state index >= 15 is 0 Å². The maximum atomic E-state index is 12.7. The highest BCUT2D eigenvalue weighted by Crippen LogP contribution is 2.52. The monoisotopic (exact) mass is 558 g/mol. The topological polar surface area (TPSA) is 125 Å². The first-order valence-corrected chi connectivity index (χ1v) is 14.3. The Kier molecular flexibility index (Phi) is 6.42. The molecule has 2 aliphatic heterocycles. The van der Waals surface area contributed by atoms with Crippen molar-refractivity contribution in [3.05, 3.63) is 42.4 Å². The Labute approximate surface area is 240 Å². The van der Waals surface area contributed by atoms with Gasteiger partial charge in [-0.15, -0.1) is 0 Å². The molecule has 4 atom stereocenters. The molecule has 10 heteroatoms. The number of pyridine rings is 2. The highest BCUT2D eigenvalue weighted by atomic mass is 16.6. The first kappa shape index (κ1) is 27.3. The lowest BCUT2D eigenvalue weighted by Crippen LogP contribution is -2.69. The van der Waals surface area contributed by atoms with Gasteiger partial charge >= 0.3 is 6.09 Å². The quantitative estimate of drug-likeness (QED) is 0.441. The van der Waals surface area contributed by atoms with E-state index in [0.29, 0.717) is 34.8 Å². The molecule has 0 spiro atoms. The number of carbonyl (C=O) groups excluding carboxylic acids is 1. The molecule has 2 saturated heterocycles. The molecular weight excluding hydrogens is 520 g/mol. The van der Waals surface area contributed by atoms with Crippen LogP contribution in [0.3, 0.4) is 0 Å². The lowest BCUT2D eigenvalue weighted by Gasteiger charge is -2.61. The zero-order chi connectivity index (χ0) is 29.2. The Morgan fingerprint density at radius 2 is 1.90 bits per heavy atom. The Hall–Kier alpha value is -3.84. The molecule has 0 radical (unpaired) electrons. The highest BCUT2D eigenvalue weighted by Gasteiger charge is 2.55. The first-order valence-electron chi connectivity index (χ1n) is 14.3. The number of piperidine rings is 2. The van der Waals surface area contributed by atoms with Crippen LogP contribution in [-0.2, 0) is 4.74 Å². The Balaban J connectivity index is 1.26. The van der Waals surface area contributed by atoms with Crippen LogP contribution in [0.25, 0.3) is 16.6 Å². The van der Waals surface area contributed by atoms with E-state index in [4.69, 9.17) is 14.5 Å². The van der Waals surface area contributed by atoms with Gasteiger partial charge < -0.3 is 24.8 Å². The number of rotatable bonds is 6. The van der Waals surface area contributed by atoms with Crippen molar-refractivity contribution in [1.82, 2.24) is 19.9 Å². The summed E-state index contributed by atoms with van der Waals surface area (Å²) in [5, 5.41) is 27.5. The third kappa shape index (κ3) is 5.43. The average Bonchev–Trinajstić information content (AvgIpc) is 3.28. The van der Waals surface area contributed by atoms with E-state index in [1.54, 1.807) is 30.8 Å². The number of nitrogens with one attached hydrogen (secondary N) is 1. The van der Waals surface area contributed by atoms with Gasteiger partial charge in [0, 0.05) is 34.9 Å². The summed E-state index contributed by atoms with van der Waals surface area (Å²) in [6.07, 6.45) is 9.74. The van der Waals surface area contributed by atoms with Gasteiger partial charge in [0.1, 0.15) is 29.8 Å². The van der Waals surface area contributed by atoms with Gasteiger partial charge in [0.15, 0.2) is 0 Å². The second-order valence-electron chi connectivity index (χ2n) is 13.6. The summed E-state index contributed by atoms with van der Waals surface area (Å²) in [5.74, 6) is 2.05. The largest absolute Gasteiger partial charge is 0.489 e. The summed E-state index contributed by atoms with van der Waals surface area (Å²) >= 11 is 0. The number of carbonyl (C=O) groups is 1. The highest BCUT2D eigenvalue weighted by molar-refractivity contribution is 5.85. The van der Waals surface area contributed by atoms with Crippen molar-refractivity contribution in [2.75, 3.05) is 11.5 Å². The molecular formula is C31H38N6O4. The van der Waals surface area contributed by atoms with Crippen molar-refractivity contribution in [3.63, 3.8) is 0 Å². The number of aliphatic hydroxyl groups is 1. The summed E-state index contributed by atoms with van der Waals surface area (Å²) in [7, 11) is 0. The number of nitrogens with zero attached hydrogens (tertiary/aromatic N) is 5. The molecule has 10 nitrogen and oxygen atoms in total. The van der Waals surface area contributed by atoms with Crippen molar-refractivity contribution in [2.24, 2.45) is 5.92 Å². The molecule has 4 bridgehead atoms. The molecule has 41 heavy (non-hydrogen) atoms. The van der Waals surface area contributed by atoms with E-state index in [0.717, 1.165) is 49.0 Å². The Bertz CT molecular complexity index is 1490. The third-order valence-electron chi connectivity index (χ3n) is 8.32. The minimum Gasteiger partial charge on any atom is -0.489 e. The molecule has 0 aromatic carbocycles. The number of fused-ring (bicyclic) bond motifs is 1. The second-order valence-corrected chi connectivity index (χ2v) is 13.6. The molecule has 2 N–H and O–H groups in total. The van der Waals surface area contributed by atoms with Crippen molar-refractivity contribution >= 4 is 17.4 Å². The number of anilines is 1. The minimum atomic E-state index is -0.992. The fourth-order valence-electron chi connectivity index (χ4n) is 7.11. The van der Waals surface area contributed by atoms with E-state index in [2.05, 4.69) is 27.5 Å².